The highest BCUT2D eigenvalue weighted by atomic mass is 19.1. The molecule has 1 atom stereocenters. The van der Waals surface area contributed by atoms with Gasteiger partial charge in [-0.3, -0.25) is 14.4 Å². The number of carbonyl (C=O) groups is 3. The van der Waals surface area contributed by atoms with Gasteiger partial charge in [0.05, 0.1) is 17.7 Å². The van der Waals surface area contributed by atoms with Gasteiger partial charge in [0.2, 0.25) is 5.91 Å². The second kappa shape index (κ2) is 8.34. The number of amides is 3. The third-order valence-electron chi connectivity index (χ3n) is 5.85. The lowest BCUT2D eigenvalue weighted by Crippen LogP contribution is -2.51. The first-order valence-corrected chi connectivity index (χ1v) is 10.2. The van der Waals surface area contributed by atoms with Crippen molar-refractivity contribution >= 4 is 23.4 Å². The molecule has 0 N–H and O–H groups in total. The number of anilines is 1. The molecule has 3 amide bonds. The highest BCUT2D eigenvalue weighted by molar-refractivity contribution is 6.23. The predicted molar refractivity (Wildman–Crippen MR) is 107 cm³/mol. The molecule has 2 aromatic carbocycles. The number of hydrogen-bond donors (Lipinski definition) is 0. The molecule has 0 spiro atoms. The van der Waals surface area contributed by atoms with Gasteiger partial charge in [-0.05, 0) is 49.2 Å². The van der Waals surface area contributed by atoms with Crippen LogP contribution in [0.2, 0.25) is 0 Å². The van der Waals surface area contributed by atoms with Crippen LogP contribution in [0.5, 0.6) is 0 Å². The first-order chi connectivity index (χ1) is 14.5. The Hall–Kier alpha value is -3.09. The van der Waals surface area contributed by atoms with Crippen LogP contribution in [0.25, 0.3) is 0 Å². The third-order valence-corrected chi connectivity index (χ3v) is 5.85. The summed E-state index contributed by atoms with van der Waals surface area (Å²) < 4.78 is 27.6. The Balaban J connectivity index is 1.69. The van der Waals surface area contributed by atoms with Gasteiger partial charge in [0.1, 0.15) is 17.7 Å². The Kier molecular flexibility index (Phi) is 5.61. The maximum atomic E-state index is 14.4. The maximum absolute atomic E-state index is 14.4. The maximum Gasteiger partial charge on any atom is 0.257 e. The van der Waals surface area contributed by atoms with Crippen molar-refractivity contribution in [3.63, 3.8) is 0 Å². The second-order valence-corrected chi connectivity index (χ2v) is 7.75. The molecule has 5 nitrogen and oxygen atoms in total. The average molecular weight is 412 g/mol. The summed E-state index contributed by atoms with van der Waals surface area (Å²) in [7, 11) is 0. The molecule has 0 aromatic heterocycles. The van der Waals surface area contributed by atoms with Crippen LogP contribution in [0.4, 0.5) is 14.5 Å². The van der Waals surface area contributed by atoms with Crippen molar-refractivity contribution in [2.75, 3.05) is 4.90 Å². The van der Waals surface area contributed by atoms with Crippen LogP contribution in [0.1, 0.15) is 48.9 Å². The molecular weight excluding hydrogens is 390 g/mol. The zero-order valence-electron chi connectivity index (χ0n) is 16.4. The summed E-state index contributed by atoms with van der Waals surface area (Å²) in [6.45, 7) is 0. The molecular formula is C23H22F2N2O3. The van der Waals surface area contributed by atoms with E-state index in [-0.39, 0.29) is 23.7 Å². The van der Waals surface area contributed by atoms with E-state index < -0.39 is 35.4 Å². The summed E-state index contributed by atoms with van der Waals surface area (Å²) in [4.78, 5) is 41.7. The topological polar surface area (TPSA) is 57.7 Å². The van der Waals surface area contributed by atoms with E-state index >= 15 is 0 Å². The highest BCUT2D eigenvalue weighted by Gasteiger charge is 2.47. The summed E-state index contributed by atoms with van der Waals surface area (Å²) in [6, 6.07) is 9.50. The minimum absolute atomic E-state index is 0.108. The number of hydrogen-bond acceptors (Lipinski definition) is 3. The second-order valence-electron chi connectivity index (χ2n) is 7.75. The lowest BCUT2D eigenvalue weighted by Gasteiger charge is -2.37. The molecule has 1 saturated heterocycles. The fraction of sp³-hybridized carbons (Fsp3) is 0.348. The van der Waals surface area contributed by atoms with Gasteiger partial charge in [-0.2, -0.15) is 0 Å². The van der Waals surface area contributed by atoms with Gasteiger partial charge in [0.25, 0.3) is 11.8 Å². The Morgan fingerprint density at radius 2 is 1.60 bits per heavy atom. The summed E-state index contributed by atoms with van der Waals surface area (Å²) in [6.07, 6.45) is 4.08. The Bertz CT molecular complexity index is 971. The molecule has 2 fully saturated rings. The molecule has 156 valence electrons. The molecule has 1 unspecified atom stereocenters. The average Bonchev–Trinajstić information content (AvgIpc) is 3.04. The zero-order chi connectivity index (χ0) is 21.3. The van der Waals surface area contributed by atoms with E-state index in [4.69, 9.17) is 0 Å². The van der Waals surface area contributed by atoms with Crippen molar-refractivity contribution in [3.05, 3.63) is 65.7 Å². The molecule has 2 aliphatic rings. The molecule has 0 bridgehead atoms. The number of nitrogens with zero attached hydrogens (tertiary/aromatic N) is 2. The minimum atomic E-state index is -1.00. The van der Waals surface area contributed by atoms with Crippen LogP contribution in [-0.2, 0) is 9.59 Å². The van der Waals surface area contributed by atoms with Crippen LogP contribution in [0.15, 0.2) is 48.5 Å². The van der Waals surface area contributed by atoms with E-state index in [1.54, 1.807) is 6.07 Å². The summed E-state index contributed by atoms with van der Waals surface area (Å²) in [5.41, 5.74) is 0.152. The zero-order valence-corrected chi connectivity index (χ0v) is 16.4. The van der Waals surface area contributed by atoms with Gasteiger partial charge >= 0.3 is 0 Å². The molecule has 4 rings (SSSR count). The van der Waals surface area contributed by atoms with E-state index in [0.29, 0.717) is 12.8 Å². The van der Waals surface area contributed by atoms with Crippen molar-refractivity contribution in [3.8, 4) is 0 Å². The first-order valence-electron chi connectivity index (χ1n) is 10.2. The first kappa shape index (κ1) is 20.2. The molecule has 1 aliphatic heterocycles. The Morgan fingerprint density at radius 3 is 2.27 bits per heavy atom. The standard InChI is InChI=1S/C23H22F2N2O3/c24-15-10-12-17(13-11-15)27-21(28)14-20(23(27)30)26(16-6-2-1-3-7-16)22(29)18-8-4-5-9-19(18)25/h4-5,8-13,16,20H,1-3,6-7,14H2. The summed E-state index contributed by atoms with van der Waals surface area (Å²) in [5.74, 6) is -2.71. The molecule has 1 aliphatic carbocycles. The molecule has 30 heavy (non-hydrogen) atoms. The quantitative estimate of drug-likeness (QED) is 0.712. The predicted octanol–water partition coefficient (Wildman–Crippen LogP) is 4.07. The molecule has 1 heterocycles. The normalized spacial score (nSPS) is 19.9. The van der Waals surface area contributed by atoms with Gasteiger partial charge in [0, 0.05) is 6.04 Å². The van der Waals surface area contributed by atoms with Gasteiger partial charge in [-0.1, -0.05) is 31.4 Å². The van der Waals surface area contributed by atoms with Crippen molar-refractivity contribution in [1.29, 1.82) is 0 Å². The van der Waals surface area contributed by atoms with Gasteiger partial charge < -0.3 is 4.90 Å². The minimum Gasteiger partial charge on any atom is -0.323 e. The lowest BCUT2D eigenvalue weighted by atomic mass is 9.92. The smallest absolute Gasteiger partial charge is 0.257 e. The van der Waals surface area contributed by atoms with E-state index in [1.807, 2.05) is 0 Å². The van der Waals surface area contributed by atoms with Crippen LogP contribution in [-0.4, -0.2) is 34.7 Å². The fourth-order valence-corrected chi connectivity index (χ4v) is 4.39. The SMILES string of the molecule is O=C1CC(N(C(=O)c2ccccc2F)C2CCCCC2)C(=O)N1c1ccc(F)cc1. The van der Waals surface area contributed by atoms with E-state index in [9.17, 15) is 23.2 Å². The monoisotopic (exact) mass is 412 g/mol. The van der Waals surface area contributed by atoms with E-state index in [0.717, 1.165) is 24.2 Å². The van der Waals surface area contributed by atoms with Crippen LogP contribution in [0.3, 0.4) is 0 Å². The van der Waals surface area contributed by atoms with Crippen LogP contribution in [0, 0.1) is 11.6 Å². The van der Waals surface area contributed by atoms with Gasteiger partial charge in [0.15, 0.2) is 0 Å². The van der Waals surface area contributed by atoms with Crippen LogP contribution < -0.4 is 4.90 Å². The lowest BCUT2D eigenvalue weighted by molar-refractivity contribution is -0.123. The Labute approximate surface area is 173 Å². The number of rotatable bonds is 4. The van der Waals surface area contributed by atoms with E-state index in [2.05, 4.69) is 0 Å². The summed E-state index contributed by atoms with van der Waals surface area (Å²) >= 11 is 0. The number of carbonyl (C=O) groups excluding carboxylic acids is 3. The van der Waals surface area contributed by atoms with E-state index in [1.165, 1.54) is 47.4 Å². The molecule has 2 aromatic rings. The third kappa shape index (κ3) is 3.72. The van der Waals surface area contributed by atoms with Crippen molar-refractivity contribution in [2.24, 2.45) is 0 Å². The van der Waals surface area contributed by atoms with Gasteiger partial charge in [-0.25, -0.2) is 13.7 Å². The largest absolute Gasteiger partial charge is 0.323 e. The van der Waals surface area contributed by atoms with Gasteiger partial charge in [-0.15, -0.1) is 0 Å². The van der Waals surface area contributed by atoms with Crippen molar-refractivity contribution in [1.82, 2.24) is 4.90 Å². The number of imide groups is 1. The molecule has 1 saturated carbocycles. The van der Waals surface area contributed by atoms with Crippen molar-refractivity contribution in [2.45, 2.75) is 50.6 Å². The number of halogens is 2. The number of benzene rings is 2. The molecule has 0 radical (unpaired) electrons. The Morgan fingerprint density at radius 1 is 0.933 bits per heavy atom. The summed E-state index contributed by atoms with van der Waals surface area (Å²) in [5, 5.41) is 0. The van der Waals surface area contributed by atoms with Crippen molar-refractivity contribution < 1.29 is 23.2 Å². The molecule has 7 heteroatoms. The highest BCUT2D eigenvalue weighted by Crippen LogP contribution is 2.32. The van der Waals surface area contributed by atoms with Crippen LogP contribution >= 0.6 is 0 Å². The fourth-order valence-electron chi connectivity index (χ4n) is 4.39.